The van der Waals surface area contributed by atoms with Gasteiger partial charge in [0.1, 0.15) is 10.1 Å². The number of nitrogens with zero attached hydrogens (tertiary/aromatic N) is 1. The van der Waals surface area contributed by atoms with E-state index in [-0.39, 0.29) is 34.6 Å². The molecule has 9 heteroatoms. The van der Waals surface area contributed by atoms with Gasteiger partial charge in [-0.1, -0.05) is 11.6 Å². The minimum atomic E-state index is -4.78. The number of rotatable bonds is 2. The first-order valence-corrected chi connectivity index (χ1v) is 5.01. The van der Waals surface area contributed by atoms with E-state index >= 15 is 0 Å². The molecule has 1 rings (SSSR count). The molecule has 0 aromatic heterocycles. The van der Waals surface area contributed by atoms with Gasteiger partial charge in [-0.25, -0.2) is 8.42 Å². The van der Waals surface area contributed by atoms with Gasteiger partial charge < -0.3 is 4.55 Å². The normalized spacial score (nSPS) is 10.5. The van der Waals surface area contributed by atoms with E-state index in [4.69, 9.17) is 11.6 Å². The molecule has 1 aromatic rings. The molecule has 0 bridgehead atoms. The Balaban J connectivity index is 0.00000196. The van der Waals surface area contributed by atoms with Crippen LogP contribution in [0.25, 0.3) is 0 Å². The molecular weight excluding hydrogens is 257 g/mol. The van der Waals surface area contributed by atoms with Gasteiger partial charge in [0.05, 0.1) is 14.8 Å². The first kappa shape index (κ1) is 14.8. The fourth-order valence-corrected chi connectivity index (χ4v) is 1.77. The Morgan fingerprint density at radius 2 is 1.87 bits per heavy atom. The van der Waals surface area contributed by atoms with Crippen LogP contribution in [-0.2, 0) is 10.1 Å². The van der Waals surface area contributed by atoms with Crippen molar-refractivity contribution in [3.63, 3.8) is 0 Å². The minimum absolute atomic E-state index is 0. The maximum absolute atomic E-state index is 10.6. The third-order valence-electron chi connectivity index (χ3n) is 1.39. The van der Waals surface area contributed by atoms with Crippen LogP contribution in [0.4, 0.5) is 5.69 Å². The summed E-state index contributed by atoms with van der Waals surface area (Å²) in [5.74, 6) is 0. The Bertz CT molecular complexity index is 488. The van der Waals surface area contributed by atoms with Crippen LogP contribution in [0.1, 0.15) is 0 Å². The van der Waals surface area contributed by atoms with Crippen LogP contribution >= 0.6 is 11.6 Å². The number of non-ortho nitro benzene ring substituents is 1. The van der Waals surface area contributed by atoms with Crippen LogP contribution in [-0.4, -0.2) is 17.9 Å². The number of nitro benzene ring substituents is 1. The summed E-state index contributed by atoms with van der Waals surface area (Å²) in [7, 11) is -4.78. The fraction of sp³-hybridized carbons (Fsp3) is 0. The third kappa shape index (κ3) is 3.71. The van der Waals surface area contributed by atoms with Crippen LogP contribution in [0.3, 0.4) is 0 Å². The minimum Gasteiger partial charge on any atom is -0.744 e. The van der Waals surface area contributed by atoms with Gasteiger partial charge in [-0.2, -0.15) is 0 Å². The van der Waals surface area contributed by atoms with Crippen molar-refractivity contribution in [1.82, 2.24) is 0 Å². The van der Waals surface area contributed by atoms with Crippen molar-refractivity contribution < 1.29 is 47.5 Å². The number of halogens is 1. The Morgan fingerprint density at radius 1 is 1.33 bits per heavy atom. The van der Waals surface area contributed by atoms with E-state index in [0.717, 1.165) is 12.1 Å². The van der Waals surface area contributed by atoms with E-state index in [1.54, 1.807) is 0 Å². The van der Waals surface area contributed by atoms with Crippen molar-refractivity contribution in [3.05, 3.63) is 33.3 Å². The summed E-state index contributed by atoms with van der Waals surface area (Å²) in [5, 5.41) is 9.93. The van der Waals surface area contributed by atoms with Crippen molar-refractivity contribution in [2.45, 2.75) is 4.90 Å². The molecule has 0 saturated heterocycles. The molecule has 15 heavy (non-hydrogen) atoms. The van der Waals surface area contributed by atoms with Gasteiger partial charge in [0, 0.05) is 12.1 Å². The van der Waals surface area contributed by atoms with Crippen molar-refractivity contribution in [1.29, 1.82) is 0 Å². The summed E-state index contributed by atoms with van der Waals surface area (Å²) >= 11 is 5.38. The molecular formula is C6H3ClNNaO5S. The van der Waals surface area contributed by atoms with Crippen LogP contribution in [0.2, 0.25) is 5.02 Å². The summed E-state index contributed by atoms with van der Waals surface area (Å²) in [6, 6.07) is 2.63. The molecule has 0 aliphatic heterocycles. The first-order chi connectivity index (χ1) is 6.32. The molecule has 0 fully saturated rings. The van der Waals surface area contributed by atoms with E-state index in [1.165, 1.54) is 0 Å². The van der Waals surface area contributed by atoms with Gasteiger partial charge in [-0.3, -0.25) is 10.1 Å². The van der Waals surface area contributed by atoms with Crippen molar-refractivity contribution in [2.24, 2.45) is 0 Å². The van der Waals surface area contributed by atoms with Gasteiger partial charge in [-0.05, 0) is 6.07 Å². The monoisotopic (exact) mass is 259 g/mol. The molecule has 0 atom stereocenters. The van der Waals surface area contributed by atoms with Gasteiger partial charge in [0.15, 0.2) is 0 Å². The smallest absolute Gasteiger partial charge is 0.744 e. The van der Waals surface area contributed by atoms with Crippen LogP contribution in [0.5, 0.6) is 0 Å². The van der Waals surface area contributed by atoms with E-state index < -0.39 is 25.6 Å². The summed E-state index contributed by atoms with van der Waals surface area (Å²) in [4.78, 5) is 8.66. The molecule has 0 N–H and O–H groups in total. The summed E-state index contributed by atoms with van der Waals surface area (Å²) in [6.07, 6.45) is 0. The van der Waals surface area contributed by atoms with Crippen LogP contribution in [0.15, 0.2) is 23.1 Å². The molecule has 0 heterocycles. The zero-order valence-electron chi connectivity index (χ0n) is 7.51. The van der Waals surface area contributed by atoms with Gasteiger partial charge in [-0.15, -0.1) is 0 Å². The quantitative estimate of drug-likeness (QED) is 0.269. The Hall–Kier alpha value is -0.180. The second-order valence-electron chi connectivity index (χ2n) is 2.33. The number of hydrogen-bond donors (Lipinski definition) is 0. The zero-order valence-corrected chi connectivity index (χ0v) is 11.1. The molecule has 0 radical (unpaired) electrons. The molecule has 6 nitrogen and oxygen atoms in total. The molecule has 0 aliphatic carbocycles. The van der Waals surface area contributed by atoms with Crippen molar-refractivity contribution >= 4 is 27.4 Å². The maximum Gasteiger partial charge on any atom is 1.00 e. The predicted octanol–water partition coefficient (Wildman–Crippen LogP) is -1.84. The zero-order chi connectivity index (χ0) is 10.9. The average Bonchev–Trinajstić information content (AvgIpc) is 2.02. The molecule has 1 aromatic carbocycles. The predicted molar refractivity (Wildman–Crippen MR) is 46.1 cm³/mol. The van der Waals surface area contributed by atoms with Gasteiger partial charge >= 0.3 is 29.6 Å². The maximum atomic E-state index is 10.6. The number of hydrogen-bond acceptors (Lipinski definition) is 5. The van der Waals surface area contributed by atoms with Gasteiger partial charge in [0.2, 0.25) is 0 Å². The van der Waals surface area contributed by atoms with E-state index in [0.29, 0.717) is 6.07 Å². The SMILES string of the molecule is O=[N+]([O-])c1ccc(Cl)c(S(=O)(=O)[O-])c1.[Na+]. The van der Waals surface area contributed by atoms with E-state index in [9.17, 15) is 23.1 Å². The molecule has 0 spiro atoms. The topological polar surface area (TPSA) is 100 Å². The Morgan fingerprint density at radius 3 is 2.27 bits per heavy atom. The van der Waals surface area contributed by atoms with E-state index in [1.807, 2.05) is 0 Å². The largest absolute Gasteiger partial charge is 1.00 e. The molecule has 0 unspecified atom stereocenters. The molecule has 0 saturated carbocycles. The van der Waals surface area contributed by atoms with Crippen molar-refractivity contribution in [2.75, 3.05) is 0 Å². The van der Waals surface area contributed by atoms with Gasteiger partial charge in [0.25, 0.3) is 5.69 Å². The van der Waals surface area contributed by atoms with Crippen LogP contribution < -0.4 is 29.6 Å². The standard InChI is InChI=1S/C6H4ClNO5S.Na/c7-5-2-1-4(8(9)10)3-6(5)14(11,12)13;/h1-3H,(H,11,12,13);/q;+1/p-1. The number of benzene rings is 1. The average molecular weight is 260 g/mol. The van der Waals surface area contributed by atoms with Crippen molar-refractivity contribution in [3.8, 4) is 0 Å². The third-order valence-corrected chi connectivity index (χ3v) is 2.71. The van der Waals surface area contributed by atoms with E-state index in [2.05, 4.69) is 0 Å². The molecule has 0 amide bonds. The van der Waals surface area contributed by atoms with Crippen LogP contribution in [0, 0.1) is 10.1 Å². The summed E-state index contributed by atoms with van der Waals surface area (Å²) < 4.78 is 31.7. The Kier molecular flexibility index (Phi) is 5.18. The summed E-state index contributed by atoms with van der Waals surface area (Å²) in [5.41, 5.74) is -0.496. The number of nitro groups is 1. The Labute approximate surface area is 112 Å². The second-order valence-corrected chi connectivity index (χ2v) is 4.08. The molecule has 76 valence electrons. The first-order valence-electron chi connectivity index (χ1n) is 3.22. The molecule has 0 aliphatic rings. The summed E-state index contributed by atoms with van der Waals surface area (Å²) in [6.45, 7) is 0. The fourth-order valence-electron chi connectivity index (χ4n) is 0.797. The second kappa shape index (κ2) is 5.24.